The maximum Gasteiger partial charge on any atom is 0.310 e. The smallest absolute Gasteiger partial charge is 0.310 e. The Labute approximate surface area is 170 Å². The third-order valence-electron chi connectivity index (χ3n) is 4.65. The van der Waals surface area contributed by atoms with Gasteiger partial charge in [0, 0.05) is 13.6 Å². The van der Waals surface area contributed by atoms with Crippen LogP contribution in [0, 0.1) is 0 Å². The molecule has 0 aliphatic carbocycles. The van der Waals surface area contributed by atoms with Gasteiger partial charge in [0.1, 0.15) is 5.75 Å². The number of fused-ring (bicyclic) bond motifs is 1. The predicted molar refractivity (Wildman–Crippen MR) is 113 cm³/mol. The Morgan fingerprint density at radius 1 is 0.931 bits per heavy atom. The number of hydrogen-bond acceptors (Lipinski definition) is 4. The molecule has 0 heterocycles. The molecule has 0 unspecified atom stereocenters. The van der Waals surface area contributed by atoms with E-state index in [0.29, 0.717) is 13.2 Å². The number of benzene rings is 3. The van der Waals surface area contributed by atoms with Crippen molar-refractivity contribution in [3.05, 3.63) is 77.9 Å². The van der Waals surface area contributed by atoms with Gasteiger partial charge in [0.05, 0.1) is 13.0 Å². The molecule has 0 radical (unpaired) electrons. The van der Waals surface area contributed by atoms with Gasteiger partial charge >= 0.3 is 5.97 Å². The second-order valence-corrected chi connectivity index (χ2v) is 6.80. The van der Waals surface area contributed by atoms with Crippen LogP contribution in [0.1, 0.15) is 18.1 Å². The van der Waals surface area contributed by atoms with Crippen molar-refractivity contribution in [2.24, 2.45) is 0 Å². The molecule has 29 heavy (non-hydrogen) atoms. The summed E-state index contributed by atoms with van der Waals surface area (Å²) in [6.45, 7) is 2.72. The molecule has 5 heteroatoms. The maximum absolute atomic E-state index is 12.3. The van der Waals surface area contributed by atoms with E-state index in [9.17, 15) is 9.59 Å². The first-order valence-corrected chi connectivity index (χ1v) is 9.64. The lowest BCUT2D eigenvalue weighted by Gasteiger charge is -2.17. The summed E-state index contributed by atoms with van der Waals surface area (Å²) >= 11 is 0. The normalized spacial score (nSPS) is 10.6. The van der Waals surface area contributed by atoms with Crippen molar-refractivity contribution in [3.8, 4) is 5.75 Å². The van der Waals surface area contributed by atoms with Gasteiger partial charge in [0.2, 0.25) is 0 Å². The minimum atomic E-state index is -0.413. The van der Waals surface area contributed by atoms with Crippen LogP contribution in [0.2, 0.25) is 0 Å². The summed E-state index contributed by atoms with van der Waals surface area (Å²) < 4.78 is 10.6. The van der Waals surface area contributed by atoms with E-state index in [0.717, 1.165) is 27.6 Å². The molecule has 0 atom stereocenters. The molecule has 0 fully saturated rings. The number of likely N-dealkylation sites (N-methyl/N-ethyl adjacent to an activating group) is 1. The molecule has 3 rings (SSSR count). The highest BCUT2D eigenvalue weighted by Crippen LogP contribution is 2.19. The molecule has 0 aliphatic heterocycles. The van der Waals surface area contributed by atoms with Crippen LogP contribution in [0.5, 0.6) is 5.75 Å². The highest BCUT2D eigenvalue weighted by atomic mass is 16.5. The lowest BCUT2D eigenvalue weighted by atomic mass is 10.0. The Morgan fingerprint density at radius 2 is 1.66 bits per heavy atom. The summed E-state index contributed by atoms with van der Waals surface area (Å²) in [5.41, 5.74) is 1.87. The van der Waals surface area contributed by atoms with Crippen LogP contribution in [0.25, 0.3) is 10.8 Å². The molecule has 0 saturated heterocycles. The van der Waals surface area contributed by atoms with Crippen molar-refractivity contribution in [1.82, 2.24) is 4.90 Å². The standard InChI is InChI=1S/C24H25NO4/c1-3-28-21-13-11-18(12-14-21)16-25(2)23(26)17-29-24(27)15-20-9-6-8-19-7-4-5-10-22(19)20/h4-14H,3,15-17H2,1-2H3. The first kappa shape index (κ1) is 20.4. The van der Waals surface area contributed by atoms with Crippen molar-refractivity contribution >= 4 is 22.6 Å². The monoisotopic (exact) mass is 391 g/mol. The van der Waals surface area contributed by atoms with Gasteiger partial charge in [-0.15, -0.1) is 0 Å². The van der Waals surface area contributed by atoms with Gasteiger partial charge in [0.15, 0.2) is 6.61 Å². The second kappa shape index (κ2) is 9.73. The van der Waals surface area contributed by atoms with Crippen LogP contribution in [-0.2, 0) is 27.3 Å². The number of esters is 1. The van der Waals surface area contributed by atoms with E-state index in [-0.39, 0.29) is 18.9 Å². The van der Waals surface area contributed by atoms with Gasteiger partial charge < -0.3 is 14.4 Å². The molecule has 0 N–H and O–H groups in total. The van der Waals surface area contributed by atoms with Crippen molar-refractivity contribution in [1.29, 1.82) is 0 Å². The second-order valence-electron chi connectivity index (χ2n) is 6.80. The molecule has 0 aliphatic rings. The van der Waals surface area contributed by atoms with Crippen LogP contribution in [0.3, 0.4) is 0 Å². The maximum atomic E-state index is 12.3. The zero-order valence-corrected chi connectivity index (χ0v) is 16.8. The summed E-state index contributed by atoms with van der Waals surface area (Å²) in [7, 11) is 1.69. The highest BCUT2D eigenvalue weighted by molar-refractivity contribution is 5.89. The number of nitrogens with zero attached hydrogens (tertiary/aromatic N) is 1. The quantitative estimate of drug-likeness (QED) is 0.545. The fourth-order valence-electron chi connectivity index (χ4n) is 3.13. The Bertz CT molecular complexity index is 976. The third-order valence-corrected chi connectivity index (χ3v) is 4.65. The molecule has 5 nitrogen and oxygen atoms in total. The molecule has 0 spiro atoms. The largest absolute Gasteiger partial charge is 0.494 e. The van der Waals surface area contributed by atoms with Crippen LogP contribution in [-0.4, -0.2) is 37.0 Å². The van der Waals surface area contributed by atoms with E-state index >= 15 is 0 Å². The summed E-state index contributed by atoms with van der Waals surface area (Å²) in [6, 6.07) is 21.3. The SMILES string of the molecule is CCOc1ccc(CN(C)C(=O)COC(=O)Cc2cccc3ccccc23)cc1. The van der Waals surface area contributed by atoms with Crippen molar-refractivity contribution in [3.63, 3.8) is 0 Å². The van der Waals surface area contributed by atoms with E-state index in [1.165, 1.54) is 0 Å². The zero-order valence-electron chi connectivity index (χ0n) is 16.8. The number of amides is 1. The molecule has 0 bridgehead atoms. The van der Waals surface area contributed by atoms with E-state index in [4.69, 9.17) is 9.47 Å². The summed E-state index contributed by atoms with van der Waals surface area (Å²) in [5, 5.41) is 2.09. The van der Waals surface area contributed by atoms with Gasteiger partial charge in [-0.2, -0.15) is 0 Å². The van der Waals surface area contributed by atoms with E-state index in [1.807, 2.05) is 73.7 Å². The fraction of sp³-hybridized carbons (Fsp3) is 0.250. The van der Waals surface area contributed by atoms with Crippen LogP contribution in [0.15, 0.2) is 66.7 Å². The van der Waals surface area contributed by atoms with E-state index < -0.39 is 5.97 Å². The molecule has 0 saturated carbocycles. The molecule has 150 valence electrons. The molecule has 3 aromatic carbocycles. The van der Waals surface area contributed by atoms with Gasteiger partial charge in [-0.25, -0.2) is 0 Å². The number of ether oxygens (including phenoxy) is 2. The first-order valence-electron chi connectivity index (χ1n) is 9.64. The molecule has 1 amide bonds. The first-order chi connectivity index (χ1) is 14.1. The van der Waals surface area contributed by atoms with Crippen molar-refractivity contribution < 1.29 is 19.1 Å². The summed E-state index contributed by atoms with van der Waals surface area (Å²) in [6.07, 6.45) is 0.136. The molecular formula is C24H25NO4. The Balaban J connectivity index is 1.50. The Hall–Kier alpha value is -3.34. The van der Waals surface area contributed by atoms with Crippen LogP contribution < -0.4 is 4.74 Å². The zero-order chi connectivity index (χ0) is 20.6. The molecule has 0 aromatic heterocycles. The summed E-state index contributed by atoms with van der Waals surface area (Å²) in [4.78, 5) is 26.1. The van der Waals surface area contributed by atoms with Gasteiger partial charge in [-0.3, -0.25) is 9.59 Å². The third kappa shape index (κ3) is 5.57. The number of hydrogen-bond donors (Lipinski definition) is 0. The van der Waals surface area contributed by atoms with Crippen molar-refractivity contribution in [2.75, 3.05) is 20.3 Å². The van der Waals surface area contributed by atoms with Crippen LogP contribution in [0.4, 0.5) is 0 Å². The average Bonchev–Trinajstić information content (AvgIpc) is 2.74. The van der Waals surface area contributed by atoms with E-state index in [1.54, 1.807) is 11.9 Å². The predicted octanol–water partition coefficient (Wildman–Crippen LogP) is 3.98. The number of carbonyl (C=O) groups excluding carboxylic acids is 2. The Kier molecular flexibility index (Phi) is 6.85. The minimum Gasteiger partial charge on any atom is -0.494 e. The minimum absolute atomic E-state index is 0.136. The number of carbonyl (C=O) groups is 2. The van der Waals surface area contributed by atoms with Gasteiger partial charge in [0.25, 0.3) is 5.91 Å². The van der Waals surface area contributed by atoms with Gasteiger partial charge in [-0.05, 0) is 41.0 Å². The highest BCUT2D eigenvalue weighted by Gasteiger charge is 2.14. The fourth-order valence-corrected chi connectivity index (χ4v) is 3.13. The van der Waals surface area contributed by atoms with Gasteiger partial charge in [-0.1, -0.05) is 54.6 Å². The lowest BCUT2D eigenvalue weighted by Crippen LogP contribution is -2.31. The number of rotatable bonds is 8. The van der Waals surface area contributed by atoms with E-state index in [2.05, 4.69) is 0 Å². The lowest BCUT2D eigenvalue weighted by molar-refractivity contribution is -0.151. The van der Waals surface area contributed by atoms with Crippen molar-refractivity contribution in [2.45, 2.75) is 19.9 Å². The molecule has 3 aromatic rings. The summed E-state index contributed by atoms with van der Waals surface area (Å²) in [5.74, 6) is 0.141. The average molecular weight is 391 g/mol. The Morgan fingerprint density at radius 3 is 2.41 bits per heavy atom. The van der Waals surface area contributed by atoms with Crippen LogP contribution >= 0.6 is 0 Å². The molecular weight excluding hydrogens is 366 g/mol. The topological polar surface area (TPSA) is 55.8 Å².